The summed E-state index contributed by atoms with van der Waals surface area (Å²) in [5, 5.41) is 0. The number of halogens is 1. The average Bonchev–Trinajstić information content (AvgIpc) is 3.42. The predicted octanol–water partition coefficient (Wildman–Crippen LogP) is 6.61. The van der Waals surface area contributed by atoms with Crippen LogP contribution in [0.1, 0.15) is 47.0 Å². The third-order valence-corrected chi connectivity index (χ3v) is 6.86. The number of aryl methyl sites for hydroxylation is 1. The zero-order chi connectivity index (χ0) is 21.3. The third-order valence-electron chi connectivity index (χ3n) is 6.49. The van der Waals surface area contributed by atoms with Crippen molar-refractivity contribution in [3.05, 3.63) is 124 Å². The second-order valence-corrected chi connectivity index (χ2v) is 8.94. The standard InChI is InChI=1S/C27H26BrN3/c1-20-25(30-26(28)29-20)24-18-11-19-31(24)27(21-12-5-2-6-13-21,22-14-7-3-8-15-22)23-16-9-4-10-17-23/h2-10,12-17,24H,11,18-19H2,1H3,(H,29,30)/t24-/m0/s1. The van der Waals surface area contributed by atoms with Gasteiger partial charge >= 0.3 is 0 Å². The van der Waals surface area contributed by atoms with Gasteiger partial charge in [-0.15, -0.1) is 0 Å². The number of nitrogens with zero attached hydrogens (tertiary/aromatic N) is 2. The van der Waals surface area contributed by atoms with Crippen molar-refractivity contribution in [3.63, 3.8) is 0 Å². The highest BCUT2D eigenvalue weighted by atomic mass is 79.9. The van der Waals surface area contributed by atoms with Crippen molar-refractivity contribution in [2.45, 2.75) is 31.3 Å². The first kappa shape index (κ1) is 20.2. The van der Waals surface area contributed by atoms with Crippen LogP contribution in [-0.2, 0) is 5.54 Å². The predicted molar refractivity (Wildman–Crippen MR) is 129 cm³/mol. The molecule has 4 heteroatoms. The van der Waals surface area contributed by atoms with Gasteiger partial charge in [0.15, 0.2) is 4.73 Å². The van der Waals surface area contributed by atoms with Gasteiger partial charge in [-0.3, -0.25) is 4.90 Å². The maximum Gasteiger partial charge on any atom is 0.174 e. The van der Waals surface area contributed by atoms with E-state index in [4.69, 9.17) is 0 Å². The Labute approximate surface area is 192 Å². The fourth-order valence-electron chi connectivity index (χ4n) is 5.27. The number of aromatic amines is 1. The number of hydrogen-bond acceptors (Lipinski definition) is 2. The van der Waals surface area contributed by atoms with E-state index in [1.807, 2.05) is 0 Å². The van der Waals surface area contributed by atoms with Gasteiger partial charge in [0.2, 0.25) is 0 Å². The molecule has 1 aliphatic heterocycles. The minimum atomic E-state index is -0.394. The third kappa shape index (κ3) is 3.44. The maximum atomic E-state index is 4.62. The summed E-state index contributed by atoms with van der Waals surface area (Å²) in [6, 6.07) is 33.1. The van der Waals surface area contributed by atoms with E-state index in [9.17, 15) is 0 Å². The van der Waals surface area contributed by atoms with Gasteiger partial charge in [0.25, 0.3) is 0 Å². The summed E-state index contributed by atoms with van der Waals surface area (Å²) in [6.07, 6.45) is 2.25. The van der Waals surface area contributed by atoms with Crippen molar-refractivity contribution < 1.29 is 0 Å². The molecular formula is C27H26BrN3. The number of H-pyrrole nitrogens is 1. The highest BCUT2D eigenvalue weighted by Gasteiger charge is 2.47. The Morgan fingerprint density at radius 2 is 1.32 bits per heavy atom. The van der Waals surface area contributed by atoms with Crippen LogP contribution in [0.3, 0.4) is 0 Å². The molecule has 1 saturated heterocycles. The number of aromatic nitrogens is 2. The van der Waals surface area contributed by atoms with Crippen molar-refractivity contribution >= 4 is 15.9 Å². The Bertz CT molecular complexity index is 1040. The van der Waals surface area contributed by atoms with Gasteiger partial charge in [-0.1, -0.05) is 91.0 Å². The highest BCUT2D eigenvalue weighted by molar-refractivity contribution is 9.10. The molecule has 1 fully saturated rings. The lowest BCUT2D eigenvalue weighted by molar-refractivity contribution is 0.138. The SMILES string of the molecule is Cc1nc(Br)[nH]c1[C@@H]1CCCN1C(c1ccccc1)(c1ccccc1)c1ccccc1. The van der Waals surface area contributed by atoms with Gasteiger partial charge in [-0.25, -0.2) is 4.98 Å². The molecule has 3 nitrogen and oxygen atoms in total. The second kappa shape index (κ2) is 8.45. The van der Waals surface area contributed by atoms with E-state index in [1.165, 1.54) is 22.4 Å². The molecule has 0 radical (unpaired) electrons. The molecule has 0 unspecified atom stereocenters. The lowest BCUT2D eigenvalue weighted by Crippen LogP contribution is -2.47. The molecule has 2 heterocycles. The molecule has 31 heavy (non-hydrogen) atoms. The summed E-state index contributed by atoms with van der Waals surface area (Å²) in [4.78, 5) is 10.8. The summed E-state index contributed by atoms with van der Waals surface area (Å²) in [5.41, 5.74) is 5.74. The van der Waals surface area contributed by atoms with Crippen molar-refractivity contribution in [2.24, 2.45) is 0 Å². The van der Waals surface area contributed by atoms with Crippen LogP contribution in [0.5, 0.6) is 0 Å². The zero-order valence-corrected chi connectivity index (χ0v) is 19.2. The van der Waals surface area contributed by atoms with Gasteiger partial charge in [-0.2, -0.15) is 0 Å². The summed E-state index contributed by atoms with van der Waals surface area (Å²) < 4.78 is 0.802. The quantitative estimate of drug-likeness (QED) is 0.332. The van der Waals surface area contributed by atoms with E-state index in [0.29, 0.717) is 0 Å². The minimum Gasteiger partial charge on any atom is -0.335 e. The summed E-state index contributed by atoms with van der Waals surface area (Å²) >= 11 is 3.55. The number of imidazole rings is 1. The average molecular weight is 472 g/mol. The van der Waals surface area contributed by atoms with Crippen LogP contribution in [0, 0.1) is 6.92 Å². The largest absolute Gasteiger partial charge is 0.335 e. The molecule has 3 aromatic carbocycles. The molecule has 0 bridgehead atoms. The lowest BCUT2D eigenvalue weighted by Gasteiger charge is -2.46. The smallest absolute Gasteiger partial charge is 0.174 e. The Morgan fingerprint density at radius 3 is 1.74 bits per heavy atom. The molecule has 0 aliphatic carbocycles. The number of nitrogens with one attached hydrogen (secondary N) is 1. The fourth-order valence-corrected chi connectivity index (χ4v) is 5.74. The van der Waals surface area contributed by atoms with Crippen LogP contribution >= 0.6 is 15.9 Å². The Hall–Kier alpha value is -2.69. The molecule has 0 saturated carbocycles. The van der Waals surface area contributed by atoms with Crippen LogP contribution in [0.15, 0.2) is 95.7 Å². The van der Waals surface area contributed by atoms with Crippen LogP contribution in [-0.4, -0.2) is 21.4 Å². The van der Waals surface area contributed by atoms with E-state index < -0.39 is 5.54 Å². The number of benzene rings is 3. The highest BCUT2D eigenvalue weighted by Crippen LogP contribution is 2.50. The summed E-state index contributed by atoms with van der Waals surface area (Å²) in [7, 11) is 0. The molecule has 0 amide bonds. The molecule has 0 spiro atoms. The maximum absolute atomic E-state index is 4.62. The Kier molecular flexibility index (Phi) is 5.51. The van der Waals surface area contributed by atoms with Gasteiger partial charge in [-0.05, 0) is 52.4 Å². The lowest BCUT2D eigenvalue weighted by atomic mass is 9.75. The topological polar surface area (TPSA) is 31.9 Å². The van der Waals surface area contributed by atoms with E-state index in [0.717, 1.165) is 29.8 Å². The molecule has 1 aliphatic rings. The number of rotatable bonds is 5. The van der Waals surface area contributed by atoms with Crippen molar-refractivity contribution in [1.82, 2.24) is 14.9 Å². The van der Waals surface area contributed by atoms with E-state index in [1.54, 1.807) is 0 Å². The Morgan fingerprint density at radius 1 is 0.839 bits per heavy atom. The van der Waals surface area contributed by atoms with Gasteiger partial charge in [0, 0.05) is 6.54 Å². The van der Waals surface area contributed by atoms with Crippen molar-refractivity contribution in [1.29, 1.82) is 0 Å². The van der Waals surface area contributed by atoms with Crippen molar-refractivity contribution in [2.75, 3.05) is 6.54 Å². The van der Waals surface area contributed by atoms with Crippen LogP contribution in [0.2, 0.25) is 0 Å². The van der Waals surface area contributed by atoms with Crippen LogP contribution in [0.25, 0.3) is 0 Å². The number of likely N-dealkylation sites (tertiary alicyclic amines) is 1. The zero-order valence-electron chi connectivity index (χ0n) is 17.6. The first-order valence-corrected chi connectivity index (χ1v) is 11.7. The van der Waals surface area contributed by atoms with Crippen LogP contribution in [0.4, 0.5) is 0 Å². The van der Waals surface area contributed by atoms with E-state index >= 15 is 0 Å². The molecule has 1 atom stereocenters. The Balaban J connectivity index is 1.81. The van der Waals surface area contributed by atoms with Gasteiger partial charge in [0.05, 0.1) is 23.0 Å². The van der Waals surface area contributed by atoms with E-state index in [2.05, 4.69) is 129 Å². The van der Waals surface area contributed by atoms with Gasteiger partial charge in [0.1, 0.15) is 0 Å². The molecule has 4 aromatic rings. The summed E-state index contributed by atoms with van der Waals surface area (Å²) in [6.45, 7) is 3.11. The van der Waals surface area contributed by atoms with E-state index in [-0.39, 0.29) is 6.04 Å². The first-order chi connectivity index (χ1) is 15.2. The number of hydrogen-bond donors (Lipinski definition) is 1. The first-order valence-electron chi connectivity index (χ1n) is 10.9. The van der Waals surface area contributed by atoms with Gasteiger partial charge < -0.3 is 4.98 Å². The second-order valence-electron chi connectivity index (χ2n) is 8.19. The van der Waals surface area contributed by atoms with Crippen LogP contribution < -0.4 is 0 Å². The molecule has 1 N–H and O–H groups in total. The normalized spacial score (nSPS) is 17.2. The molecule has 1 aromatic heterocycles. The minimum absolute atomic E-state index is 0.249. The monoisotopic (exact) mass is 471 g/mol. The summed E-state index contributed by atoms with van der Waals surface area (Å²) in [5.74, 6) is 0. The molecular weight excluding hydrogens is 446 g/mol. The molecule has 156 valence electrons. The molecule has 5 rings (SSSR count). The van der Waals surface area contributed by atoms with Crippen molar-refractivity contribution in [3.8, 4) is 0 Å². The fraction of sp³-hybridized carbons (Fsp3) is 0.222.